The number of hydrogen-bond acceptors (Lipinski definition) is 0. The molecular weight excluding hydrogens is 91.1 g/mol. The quantitative estimate of drug-likeness (QED) is 0.467. The molecule has 0 amide bonds. The molecule has 0 aromatic heterocycles. The molecule has 0 spiro atoms. The van der Waals surface area contributed by atoms with Gasteiger partial charge in [-0.1, -0.05) is 0 Å². The van der Waals surface area contributed by atoms with Crippen LogP contribution in [0.15, 0.2) is 18.2 Å². The van der Waals surface area contributed by atoms with Gasteiger partial charge in [-0.25, -0.2) is 4.39 Å². The molecule has 0 radical (unpaired) electrons. The van der Waals surface area contributed by atoms with Gasteiger partial charge in [0.2, 0.25) is 0 Å². The first-order chi connectivity index (χ1) is 3.36. The fourth-order valence-corrected chi connectivity index (χ4v) is 0.720. The van der Waals surface area contributed by atoms with Crippen LogP contribution in [0.4, 0.5) is 4.39 Å². The lowest BCUT2D eigenvalue weighted by Gasteiger charge is -1.64. The van der Waals surface area contributed by atoms with Crippen molar-refractivity contribution in [2.75, 3.05) is 0 Å². The fourth-order valence-electron chi connectivity index (χ4n) is 0.720. The van der Waals surface area contributed by atoms with Crippen molar-refractivity contribution in [3.8, 4) is 11.1 Å². The molecule has 0 fully saturated rings. The lowest BCUT2D eigenvalue weighted by Crippen LogP contribution is -1.51. The highest BCUT2D eigenvalue weighted by Gasteiger charge is 2.12. The standard InChI is InChI=1S/C6H3F/c7-6-2-4-1-5(4)3-6/h1-3H. The van der Waals surface area contributed by atoms with Crippen LogP contribution in [0.5, 0.6) is 0 Å². The predicted octanol–water partition coefficient (Wildman–Crippen LogP) is 1.81. The van der Waals surface area contributed by atoms with Crippen molar-refractivity contribution in [3.05, 3.63) is 24.0 Å². The van der Waals surface area contributed by atoms with Gasteiger partial charge in [-0.15, -0.1) is 0 Å². The maximum atomic E-state index is 11.9. The minimum atomic E-state index is -0.104. The smallest absolute Gasteiger partial charge is 0.124 e. The zero-order valence-electron chi connectivity index (χ0n) is 3.61. The van der Waals surface area contributed by atoms with Gasteiger partial charge < -0.3 is 0 Å². The van der Waals surface area contributed by atoms with E-state index >= 15 is 0 Å². The molecule has 0 aromatic carbocycles. The molecule has 2 rings (SSSR count). The summed E-state index contributed by atoms with van der Waals surface area (Å²) < 4.78 is 11.9. The maximum Gasteiger partial charge on any atom is 0.124 e. The first-order valence-corrected chi connectivity index (χ1v) is 2.17. The molecule has 0 atom stereocenters. The molecule has 0 unspecified atom stereocenters. The highest BCUT2D eigenvalue weighted by Crippen LogP contribution is 2.34. The Labute approximate surface area is 40.6 Å². The first kappa shape index (κ1) is 3.19. The van der Waals surface area contributed by atoms with E-state index in [0.717, 1.165) is 11.1 Å². The van der Waals surface area contributed by atoms with Gasteiger partial charge in [0.1, 0.15) is 5.82 Å². The number of halogens is 1. The van der Waals surface area contributed by atoms with Gasteiger partial charge in [0.05, 0.1) is 0 Å². The molecule has 0 heterocycles. The molecule has 2 aliphatic rings. The summed E-state index contributed by atoms with van der Waals surface area (Å²) in [6.07, 6.45) is 0. The zero-order chi connectivity index (χ0) is 4.85. The Morgan fingerprint density at radius 3 is 1.86 bits per heavy atom. The molecule has 0 bridgehead atoms. The van der Waals surface area contributed by atoms with Crippen molar-refractivity contribution in [1.29, 1.82) is 0 Å². The van der Waals surface area contributed by atoms with Gasteiger partial charge >= 0.3 is 0 Å². The topological polar surface area (TPSA) is 0 Å². The Bertz CT molecular complexity index is 195. The summed E-state index contributed by atoms with van der Waals surface area (Å²) in [7, 11) is 0. The van der Waals surface area contributed by atoms with Crippen molar-refractivity contribution in [3.63, 3.8) is 0 Å². The minimum absolute atomic E-state index is 0.104. The maximum absolute atomic E-state index is 11.9. The number of hydrogen-bond donors (Lipinski definition) is 0. The third-order valence-corrected chi connectivity index (χ3v) is 1.15. The molecule has 0 aromatic rings. The second-order valence-corrected chi connectivity index (χ2v) is 1.73. The Morgan fingerprint density at radius 2 is 1.57 bits per heavy atom. The molecule has 0 N–H and O–H groups in total. The van der Waals surface area contributed by atoms with E-state index < -0.39 is 0 Å². The van der Waals surface area contributed by atoms with Crippen LogP contribution in [0, 0.1) is 5.82 Å². The summed E-state index contributed by atoms with van der Waals surface area (Å²) in [6.45, 7) is 0. The van der Waals surface area contributed by atoms with Crippen molar-refractivity contribution in [1.82, 2.24) is 0 Å². The average molecular weight is 94.1 g/mol. The summed E-state index contributed by atoms with van der Waals surface area (Å²) in [4.78, 5) is 0. The fraction of sp³-hybridized carbons (Fsp3) is 0. The van der Waals surface area contributed by atoms with Crippen LogP contribution >= 0.6 is 0 Å². The molecule has 7 heavy (non-hydrogen) atoms. The molecule has 2 aliphatic carbocycles. The van der Waals surface area contributed by atoms with Gasteiger partial charge in [-0.3, -0.25) is 0 Å². The van der Waals surface area contributed by atoms with Crippen LogP contribution in [0.2, 0.25) is 0 Å². The van der Waals surface area contributed by atoms with Crippen molar-refractivity contribution in [2.24, 2.45) is 0 Å². The number of benzene rings is 1. The molecule has 0 saturated carbocycles. The third kappa shape index (κ3) is 0.296. The summed E-state index contributed by atoms with van der Waals surface area (Å²) in [5.74, 6) is -0.104. The summed E-state index contributed by atoms with van der Waals surface area (Å²) in [6, 6.07) is 5.02. The average Bonchev–Trinajstić information content (AvgIpc) is 2.15. The molecule has 1 heteroatoms. The Morgan fingerprint density at radius 1 is 1.00 bits per heavy atom. The van der Waals surface area contributed by atoms with Crippen LogP contribution in [0.25, 0.3) is 11.1 Å². The molecule has 0 saturated heterocycles. The van der Waals surface area contributed by atoms with E-state index in [0.29, 0.717) is 0 Å². The van der Waals surface area contributed by atoms with Gasteiger partial charge in [-0.05, 0) is 29.3 Å². The van der Waals surface area contributed by atoms with Crippen molar-refractivity contribution in [2.45, 2.75) is 0 Å². The molecule has 34 valence electrons. The zero-order valence-corrected chi connectivity index (χ0v) is 3.61. The van der Waals surface area contributed by atoms with Crippen molar-refractivity contribution >= 4 is 0 Å². The Balaban J connectivity index is 2.74. The summed E-state index contributed by atoms with van der Waals surface area (Å²) in [5, 5.41) is 0. The Hall–Kier alpha value is -0.850. The van der Waals surface area contributed by atoms with Crippen LogP contribution in [-0.2, 0) is 0 Å². The number of rotatable bonds is 0. The van der Waals surface area contributed by atoms with Gasteiger partial charge in [-0.2, -0.15) is 0 Å². The molecule has 0 nitrogen and oxygen atoms in total. The van der Waals surface area contributed by atoms with E-state index in [1.807, 2.05) is 6.07 Å². The van der Waals surface area contributed by atoms with Gasteiger partial charge in [0.25, 0.3) is 0 Å². The van der Waals surface area contributed by atoms with E-state index in [9.17, 15) is 4.39 Å². The van der Waals surface area contributed by atoms with E-state index in [-0.39, 0.29) is 5.82 Å². The lowest BCUT2D eigenvalue weighted by molar-refractivity contribution is 0.632. The molecular formula is C6H3F. The first-order valence-electron chi connectivity index (χ1n) is 2.17. The van der Waals surface area contributed by atoms with Crippen LogP contribution < -0.4 is 0 Å². The van der Waals surface area contributed by atoms with Crippen LogP contribution in [-0.4, -0.2) is 0 Å². The Kier molecular flexibility index (Phi) is 0.325. The highest BCUT2D eigenvalue weighted by atomic mass is 19.1. The van der Waals surface area contributed by atoms with E-state index in [1.54, 1.807) is 0 Å². The largest absolute Gasteiger partial charge is 0.207 e. The highest BCUT2D eigenvalue weighted by molar-refractivity contribution is 5.80. The van der Waals surface area contributed by atoms with E-state index in [1.165, 1.54) is 12.1 Å². The normalized spacial score (nSPS) is 11.6. The summed E-state index contributed by atoms with van der Waals surface area (Å²) >= 11 is 0. The monoisotopic (exact) mass is 94.0 g/mol. The second-order valence-electron chi connectivity index (χ2n) is 1.73. The number of fused-ring (bicyclic) bond motifs is 1. The van der Waals surface area contributed by atoms with Gasteiger partial charge in [0, 0.05) is 0 Å². The van der Waals surface area contributed by atoms with Crippen molar-refractivity contribution < 1.29 is 4.39 Å². The van der Waals surface area contributed by atoms with E-state index in [2.05, 4.69) is 0 Å². The lowest BCUT2D eigenvalue weighted by atomic mass is 10.6. The van der Waals surface area contributed by atoms with Gasteiger partial charge in [0.15, 0.2) is 0 Å². The SMILES string of the molecule is Fc1cc2cc-2c1. The molecule has 0 aliphatic heterocycles. The third-order valence-electron chi connectivity index (χ3n) is 1.15. The van der Waals surface area contributed by atoms with E-state index in [4.69, 9.17) is 0 Å². The predicted molar refractivity (Wildman–Crippen MR) is 25.4 cm³/mol. The summed E-state index contributed by atoms with van der Waals surface area (Å²) in [5.41, 5.74) is 2.13. The van der Waals surface area contributed by atoms with Crippen LogP contribution in [0.1, 0.15) is 0 Å². The second kappa shape index (κ2) is 0.713. The minimum Gasteiger partial charge on any atom is -0.207 e. The van der Waals surface area contributed by atoms with Crippen LogP contribution in [0.3, 0.4) is 0 Å².